The monoisotopic (exact) mass is 593 g/mol. The molecule has 2 aromatic heterocycles. The van der Waals surface area contributed by atoms with Crippen LogP contribution in [0.2, 0.25) is 0 Å². The van der Waals surface area contributed by atoms with Crippen LogP contribution in [-0.4, -0.2) is 60.9 Å². The topological polar surface area (TPSA) is 115 Å². The highest BCUT2D eigenvalue weighted by molar-refractivity contribution is 7.90. The Hall–Kier alpha value is -4.16. The van der Waals surface area contributed by atoms with E-state index in [1.54, 1.807) is 12.3 Å². The first-order valence-electron chi connectivity index (χ1n) is 13.7. The van der Waals surface area contributed by atoms with Crippen LogP contribution in [0, 0.1) is 17.6 Å². The maximum absolute atomic E-state index is 15.5. The van der Waals surface area contributed by atoms with Crippen molar-refractivity contribution in [1.29, 1.82) is 0 Å². The second kappa shape index (κ2) is 10.9. The fourth-order valence-electron chi connectivity index (χ4n) is 5.33. The number of ketones is 1. The number of aldehydes is 1. The molecule has 1 aliphatic heterocycles. The molecule has 0 radical (unpaired) electrons. The number of benzene rings is 2. The molecule has 3 heterocycles. The lowest BCUT2D eigenvalue weighted by Gasteiger charge is -2.31. The van der Waals surface area contributed by atoms with Crippen molar-refractivity contribution in [3.05, 3.63) is 77.6 Å². The number of piperidine rings is 1. The molecule has 4 aromatic rings. The van der Waals surface area contributed by atoms with Crippen molar-refractivity contribution in [2.24, 2.45) is 5.92 Å². The average Bonchev–Trinajstić information content (AvgIpc) is 3.76. The van der Waals surface area contributed by atoms with Crippen LogP contribution in [0.25, 0.3) is 22.2 Å². The molecular weight excluding hydrogens is 564 g/mol. The number of H-pyrrole nitrogens is 1. The molecule has 0 bridgehead atoms. The second-order valence-electron chi connectivity index (χ2n) is 10.8. The number of hydrogen-bond acceptors (Lipinski definition) is 6. The molecular formula is C30H29F2N5O4S. The molecule has 42 heavy (non-hydrogen) atoms. The fourth-order valence-corrected chi connectivity index (χ4v) is 6.51. The minimum atomic E-state index is -4.09. The van der Waals surface area contributed by atoms with E-state index < -0.39 is 38.9 Å². The molecule has 2 aromatic carbocycles. The molecule has 2 N–H and O–H groups in total. The van der Waals surface area contributed by atoms with Crippen molar-refractivity contribution in [2.75, 3.05) is 29.8 Å². The van der Waals surface area contributed by atoms with Crippen molar-refractivity contribution < 1.29 is 26.8 Å². The molecule has 218 valence electrons. The summed E-state index contributed by atoms with van der Waals surface area (Å²) in [6.07, 6.45) is 7.06. The normalized spacial score (nSPS) is 16.2. The molecule has 2 aliphatic rings. The molecule has 6 rings (SSSR count). The van der Waals surface area contributed by atoms with Gasteiger partial charge in [-0.05, 0) is 61.6 Å². The molecule has 12 heteroatoms. The highest BCUT2D eigenvalue weighted by atomic mass is 32.2. The summed E-state index contributed by atoms with van der Waals surface area (Å²) in [4.78, 5) is 34.1. The number of fused-ring (bicyclic) bond motifs is 1. The Labute approximate surface area is 241 Å². The number of hydrogen-bond donors (Lipinski definition) is 2. The van der Waals surface area contributed by atoms with E-state index >= 15 is 4.39 Å². The van der Waals surface area contributed by atoms with Gasteiger partial charge in [-0.3, -0.25) is 9.52 Å². The standard InChI is InChI=1S/C30H29F2N5O4S/c1-36(21-6-7-21)42(40,41)35-26-9-8-25(31)27(28(26)32)29(39)24-16-34-30-23(24)14-20(15-33-30)19-2-4-22(5-3-19)37-12-10-18(17-38)11-13-37/h2-5,8-9,14-18,21,35H,6-7,10-13H2,1H3,(H,33,34). The van der Waals surface area contributed by atoms with Gasteiger partial charge in [0.2, 0.25) is 5.78 Å². The Balaban J connectivity index is 1.28. The van der Waals surface area contributed by atoms with Crippen molar-refractivity contribution in [1.82, 2.24) is 14.3 Å². The number of pyridine rings is 1. The zero-order chi connectivity index (χ0) is 29.6. The summed E-state index contributed by atoms with van der Waals surface area (Å²) in [5, 5.41) is 0.371. The summed E-state index contributed by atoms with van der Waals surface area (Å²) in [6.45, 7) is 1.61. The fraction of sp³-hybridized carbons (Fsp3) is 0.300. The van der Waals surface area contributed by atoms with Gasteiger partial charge in [-0.15, -0.1) is 0 Å². The third-order valence-electron chi connectivity index (χ3n) is 8.07. The third-order valence-corrected chi connectivity index (χ3v) is 9.61. The van der Waals surface area contributed by atoms with Gasteiger partial charge in [0, 0.05) is 66.7 Å². The van der Waals surface area contributed by atoms with Crippen molar-refractivity contribution >= 4 is 44.7 Å². The lowest BCUT2D eigenvalue weighted by molar-refractivity contribution is -0.111. The van der Waals surface area contributed by atoms with E-state index in [1.807, 2.05) is 24.3 Å². The number of carbonyl (C=O) groups is 2. The van der Waals surface area contributed by atoms with Crippen LogP contribution in [0.1, 0.15) is 41.6 Å². The van der Waals surface area contributed by atoms with Crippen molar-refractivity contribution in [3.63, 3.8) is 0 Å². The summed E-state index contributed by atoms with van der Waals surface area (Å²) in [5.41, 5.74) is 1.57. The number of aromatic nitrogens is 2. The van der Waals surface area contributed by atoms with Crippen LogP contribution in [0.3, 0.4) is 0 Å². The van der Waals surface area contributed by atoms with Crippen LogP contribution in [0.5, 0.6) is 0 Å². The van der Waals surface area contributed by atoms with Crippen LogP contribution in [0.4, 0.5) is 20.2 Å². The number of halogens is 2. The van der Waals surface area contributed by atoms with Crippen LogP contribution >= 0.6 is 0 Å². The van der Waals surface area contributed by atoms with Gasteiger partial charge in [0.15, 0.2) is 5.82 Å². The second-order valence-corrected chi connectivity index (χ2v) is 12.5. The van der Waals surface area contributed by atoms with Gasteiger partial charge in [-0.2, -0.15) is 12.7 Å². The third kappa shape index (κ3) is 5.27. The number of aromatic amines is 1. The molecule has 0 unspecified atom stereocenters. The van der Waals surface area contributed by atoms with E-state index in [-0.39, 0.29) is 17.5 Å². The average molecular weight is 594 g/mol. The predicted molar refractivity (Wildman–Crippen MR) is 156 cm³/mol. The van der Waals surface area contributed by atoms with Crippen molar-refractivity contribution in [3.8, 4) is 11.1 Å². The van der Waals surface area contributed by atoms with E-state index in [0.29, 0.717) is 29.4 Å². The number of rotatable bonds is 9. The summed E-state index contributed by atoms with van der Waals surface area (Å²) in [7, 11) is -2.71. The Bertz CT molecular complexity index is 1780. The lowest BCUT2D eigenvalue weighted by atomic mass is 9.97. The molecule has 0 atom stereocenters. The number of anilines is 2. The Kier molecular flexibility index (Phi) is 7.27. The first-order chi connectivity index (χ1) is 20.2. The van der Waals surface area contributed by atoms with Crippen LogP contribution < -0.4 is 9.62 Å². The van der Waals surface area contributed by atoms with Gasteiger partial charge in [0.25, 0.3) is 0 Å². The lowest BCUT2D eigenvalue weighted by Crippen LogP contribution is -2.34. The first-order valence-corrected chi connectivity index (χ1v) is 15.2. The zero-order valence-electron chi connectivity index (χ0n) is 22.8. The number of nitrogens with one attached hydrogen (secondary N) is 2. The summed E-state index contributed by atoms with van der Waals surface area (Å²) in [5.74, 6) is -3.23. The van der Waals surface area contributed by atoms with Crippen LogP contribution in [0.15, 0.2) is 54.9 Å². The number of carbonyl (C=O) groups excluding carboxylic acids is 2. The molecule has 2 fully saturated rings. The largest absolute Gasteiger partial charge is 0.371 e. The van der Waals surface area contributed by atoms with Gasteiger partial charge in [-0.1, -0.05) is 12.1 Å². The minimum absolute atomic E-state index is 0.00178. The highest BCUT2D eigenvalue weighted by Gasteiger charge is 2.35. The zero-order valence-corrected chi connectivity index (χ0v) is 23.6. The quantitative estimate of drug-likeness (QED) is 0.211. The van der Waals surface area contributed by atoms with Gasteiger partial charge >= 0.3 is 10.2 Å². The SMILES string of the molecule is CN(C1CC1)S(=O)(=O)Nc1ccc(F)c(C(=O)c2c[nH]c3ncc(-c4ccc(N5CCC(C=O)CC5)cc4)cc23)c1F. The van der Waals surface area contributed by atoms with E-state index in [9.17, 15) is 22.4 Å². The molecule has 1 saturated carbocycles. The van der Waals surface area contributed by atoms with Gasteiger partial charge in [-0.25, -0.2) is 13.8 Å². The Morgan fingerprint density at radius 1 is 1.07 bits per heavy atom. The smallest absolute Gasteiger partial charge is 0.301 e. The molecule has 0 amide bonds. The predicted octanol–water partition coefficient (Wildman–Crippen LogP) is 4.91. The first kappa shape index (κ1) is 28.0. The maximum atomic E-state index is 15.5. The van der Waals surface area contributed by atoms with Gasteiger partial charge in [0.05, 0.1) is 11.3 Å². The Morgan fingerprint density at radius 2 is 1.79 bits per heavy atom. The van der Waals surface area contributed by atoms with Crippen LogP contribution in [-0.2, 0) is 15.0 Å². The summed E-state index contributed by atoms with van der Waals surface area (Å²) >= 11 is 0. The molecule has 1 saturated heterocycles. The summed E-state index contributed by atoms with van der Waals surface area (Å²) in [6, 6.07) is 11.2. The van der Waals surface area contributed by atoms with E-state index in [0.717, 1.165) is 59.9 Å². The summed E-state index contributed by atoms with van der Waals surface area (Å²) < 4.78 is 58.9. The highest BCUT2D eigenvalue weighted by Crippen LogP contribution is 2.32. The molecule has 9 nitrogen and oxygen atoms in total. The molecule has 1 aliphatic carbocycles. The van der Waals surface area contributed by atoms with E-state index in [1.165, 1.54) is 13.2 Å². The van der Waals surface area contributed by atoms with Crippen molar-refractivity contribution in [2.45, 2.75) is 31.7 Å². The van der Waals surface area contributed by atoms with Gasteiger partial charge < -0.3 is 14.7 Å². The van der Waals surface area contributed by atoms with E-state index in [2.05, 4.69) is 19.6 Å². The van der Waals surface area contributed by atoms with E-state index in [4.69, 9.17) is 0 Å². The maximum Gasteiger partial charge on any atom is 0.301 e. The number of nitrogens with zero attached hydrogens (tertiary/aromatic N) is 3. The van der Waals surface area contributed by atoms with Gasteiger partial charge in [0.1, 0.15) is 17.8 Å². The Morgan fingerprint density at radius 3 is 2.45 bits per heavy atom. The molecule has 0 spiro atoms. The minimum Gasteiger partial charge on any atom is -0.371 e.